The molecule has 0 saturated carbocycles. The molecule has 0 fully saturated rings. The molecule has 3 heterocycles. The summed E-state index contributed by atoms with van der Waals surface area (Å²) in [4.78, 5) is 27.3. The second-order valence-electron chi connectivity index (χ2n) is 7.89. The Morgan fingerprint density at radius 1 is 1.00 bits per heavy atom. The normalized spacial score (nSPS) is 10.7. The molecule has 0 bridgehead atoms. The quantitative estimate of drug-likeness (QED) is 0.290. The fraction of sp³-hybridized carbons (Fsp3) is 0.192. The van der Waals surface area contributed by atoms with Crippen molar-refractivity contribution in [2.45, 2.75) is 13.5 Å². The number of hydrogen-bond acceptors (Lipinski definition) is 9. The molecule has 0 saturated heterocycles. The van der Waals surface area contributed by atoms with Crippen molar-refractivity contribution in [3.63, 3.8) is 0 Å². The molecule has 13 heteroatoms. The minimum atomic E-state index is -1.61. The van der Waals surface area contributed by atoms with Gasteiger partial charge in [-0.15, -0.1) is 0 Å². The number of ether oxygens (including phenoxy) is 3. The lowest BCUT2D eigenvalue weighted by Gasteiger charge is -2.13. The molecule has 0 atom stereocenters. The average Bonchev–Trinajstić information content (AvgIpc) is 2.93. The Bertz CT molecular complexity index is 1540. The molecular formula is C26H22F3N5O5. The lowest BCUT2D eigenvalue weighted by Crippen LogP contribution is -2.09. The van der Waals surface area contributed by atoms with Crippen molar-refractivity contribution in [3.05, 3.63) is 71.4 Å². The summed E-state index contributed by atoms with van der Waals surface area (Å²) in [5, 5.41) is 12.3. The molecule has 0 spiro atoms. The molecule has 39 heavy (non-hydrogen) atoms. The van der Waals surface area contributed by atoms with Crippen molar-refractivity contribution in [2.75, 3.05) is 26.1 Å². The maximum Gasteiger partial charge on any atom is 0.338 e. The van der Waals surface area contributed by atoms with Gasteiger partial charge in [0.25, 0.3) is 5.95 Å². The maximum atomic E-state index is 15.1. The Labute approximate surface area is 220 Å². The number of aromatic carboxylic acids is 1. The topological polar surface area (TPSA) is 129 Å². The fourth-order valence-corrected chi connectivity index (χ4v) is 3.59. The van der Waals surface area contributed by atoms with Crippen LogP contribution in [0.5, 0.6) is 17.4 Å². The van der Waals surface area contributed by atoms with Crippen molar-refractivity contribution in [2.24, 2.45) is 0 Å². The SMILES string of the molecule is CCOc1ncc(-c2cc(C(=O)O)c(F)c(-c3cnc(NCc4ccc(OC)cc4OC)c(F)n3)n2)cc1F. The molecule has 0 aliphatic rings. The number of methoxy groups -OCH3 is 2. The molecule has 10 nitrogen and oxygen atoms in total. The van der Waals surface area contributed by atoms with Gasteiger partial charge in [0.1, 0.15) is 22.9 Å². The van der Waals surface area contributed by atoms with Gasteiger partial charge in [0.05, 0.1) is 38.3 Å². The van der Waals surface area contributed by atoms with E-state index in [2.05, 4.69) is 25.3 Å². The lowest BCUT2D eigenvalue weighted by molar-refractivity contribution is 0.0692. The molecule has 0 unspecified atom stereocenters. The number of anilines is 1. The fourth-order valence-electron chi connectivity index (χ4n) is 3.59. The first-order valence-corrected chi connectivity index (χ1v) is 11.5. The van der Waals surface area contributed by atoms with Crippen LogP contribution in [0.3, 0.4) is 0 Å². The predicted molar refractivity (Wildman–Crippen MR) is 133 cm³/mol. The van der Waals surface area contributed by atoms with Gasteiger partial charge < -0.3 is 24.6 Å². The first kappa shape index (κ1) is 27.1. The van der Waals surface area contributed by atoms with Crippen molar-refractivity contribution < 1.29 is 37.3 Å². The number of carboxylic acid groups (broad SMARTS) is 1. The summed E-state index contributed by atoms with van der Waals surface area (Å²) in [6.45, 7) is 1.94. The van der Waals surface area contributed by atoms with E-state index in [0.29, 0.717) is 17.1 Å². The zero-order chi connectivity index (χ0) is 28.1. The van der Waals surface area contributed by atoms with Crippen molar-refractivity contribution in [1.82, 2.24) is 19.9 Å². The van der Waals surface area contributed by atoms with E-state index >= 15 is 4.39 Å². The van der Waals surface area contributed by atoms with Crippen LogP contribution in [-0.2, 0) is 6.54 Å². The highest BCUT2D eigenvalue weighted by Gasteiger charge is 2.23. The highest BCUT2D eigenvalue weighted by atomic mass is 19.1. The molecule has 0 radical (unpaired) electrons. The molecule has 3 aromatic heterocycles. The van der Waals surface area contributed by atoms with Crippen LogP contribution in [0.1, 0.15) is 22.8 Å². The first-order valence-electron chi connectivity index (χ1n) is 11.5. The van der Waals surface area contributed by atoms with Gasteiger partial charge in [-0.1, -0.05) is 0 Å². The molecule has 2 N–H and O–H groups in total. The molecule has 202 valence electrons. The third-order valence-corrected chi connectivity index (χ3v) is 5.49. The predicted octanol–water partition coefficient (Wildman–Crippen LogP) is 4.74. The summed E-state index contributed by atoms with van der Waals surface area (Å²) in [6.07, 6.45) is 2.23. The highest BCUT2D eigenvalue weighted by Crippen LogP contribution is 2.30. The van der Waals surface area contributed by atoms with E-state index in [-0.39, 0.29) is 41.8 Å². The molecule has 0 amide bonds. The number of benzene rings is 1. The van der Waals surface area contributed by atoms with E-state index in [1.807, 2.05) is 0 Å². The summed E-state index contributed by atoms with van der Waals surface area (Å²) in [6, 6.07) is 7.02. The number of halogens is 3. The molecule has 0 aliphatic heterocycles. The number of nitrogens with zero attached hydrogens (tertiary/aromatic N) is 4. The number of carbonyl (C=O) groups is 1. The Balaban J connectivity index is 1.67. The summed E-state index contributed by atoms with van der Waals surface area (Å²) in [5.74, 6) is -4.22. The number of pyridine rings is 2. The number of carboxylic acids is 1. The Hall–Kier alpha value is -4.94. The van der Waals surface area contributed by atoms with Crippen LogP contribution in [0.4, 0.5) is 19.0 Å². The maximum absolute atomic E-state index is 15.1. The second-order valence-corrected chi connectivity index (χ2v) is 7.89. The molecule has 1 aromatic carbocycles. The van der Waals surface area contributed by atoms with Crippen LogP contribution in [0.15, 0.2) is 42.7 Å². The standard InChI is InChI=1S/C26H22F3N5O5/c1-4-39-25-17(27)7-14(11-32-25)18-9-16(26(35)36)21(28)22(33-18)19-12-31-24(23(29)34-19)30-10-13-5-6-15(37-2)8-20(13)38-3/h5-9,11-12H,4,10H2,1-3H3,(H,30,31)(H,35,36). The largest absolute Gasteiger partial charge is 0.497 e. The highest BCUT2D eigenvalue weighted by molar-refractivity contribution is 5.91. The number of hydrogen-bond donors (Lipinski definition) is 2. The summed E-state index contributed by atoms with van der Waals surface area (Å²) in [7, 11) is 2.99. The number of nitrogens with one attached hydrogen (secondary N) is 1. The monoisotopic (exact) mass is 541 g/mol. The summed E-state index contributed by atoms with van der Waals surface area (Å²) in [5.41, 5.74) is -1.16. The third kappa shape index (κ3) is 5.81. The van der Waals surface area contributed by atoms with Gasteiger partial charge in [0.15, 0.2) is 17.5 Å². The zero-order valence-corrected chi connectivity index (χ0v) is 21.0. The third-order valence-electron chi connectivity index (χ3n) is 5.49. The molecule has 4 rings (SSSR count). The van der Waals surface area contributed by atoms with Gasteiger partial charge in [-0.2, -0.15) is 4.39 Å². The van der Waals surface area contributed by atoms with Crippen molar-refractivity contribution >= 4 is 11.8 Å². The minimum absolute atomic E-state index is 0.0415. The van der Waals surface area contributed by atoms with E-state index in [1.54, 1.807) is 25.1 Å². The second kappa shape index (κ2) is 11.6. The summed E-state index contributed by atoms with van der Waals surface area (Å²) >= 11 is 0. The van der Waals surface area contributed by atoms with Crippen LogP contribution in [-0.4, -0.2) is 51.8 Å². The lowest BCUT2D eigenvalue weighted by atomic mass is 10.1. The Morgan fingerprint density at radius 3 is 2.44 bits per heavy atom. The molecule has 0 aliphatic carbocycles. The van der Waals surface area contributed by atoms with E-state index in [4.69, 9.17) is 14.2 Å². The van der Waals surface area contributed by atoms with E-state index in [1.165, 1.54) is 20.4 Å². The van der Waals surface area contributed by atoms with Gasteiger partial charge in [-0.3, -0.25) is 0 Å². The van der Waals surface area contributed by atoms with Crippen LogP contribution < -0.4 is 19.5 Å². The van der Waals surface area contributed by atoms with E-state index in [9.17, 15) is 18.7 Å². The number of aromatic nitrogens is 4. The van der Waals surface area contributed by atoms with Crippen LogP contribution in [0.25, 0.3) is 22.6 Å². The van der Waals surface area contributed by atoms with E-state index < -0.39 is 34.8 Å². The van der Waals surface area contributed by atoms with Gasteiger partial charge in [0, 0.05) is 29.9 Å². The van der Waals surface area contributed by atoms with Gasteiger partial charge >= 0.3 is 5.97 Å². The Morgan fingerprint density at radius 2 is 1.79 bits per heavy atom. The van der Waals surface area contributed by atoms with Gasteiger partial charge in [0.2, 0.25) is 5.88 Å². The van der Waals surface area contributed by atoms with Crippen LogP contribution in [0.2, 0.25) is 0 Å². The van der Waals surface area contributed by atoms with Gasteiger partial charge in [-0.05, 0) is 31.2 Å². The molecular weight excluding hydrogens is 519 g/mol. The average molecular weight is 541 g/mol. The van der Waals surface area contributed by atoms with E-state index in [0.717, 1.165) is 18.3 Å². The first-order chi connectivity index (χ1) is 18.7. The van der Waals surface area contributed by atoms with Crippen LogP contribution in [0, 0.1) is 17.6 Å². The van der Waals surface area contributed by atoms with Crippen LogP contribution >= 0.6 is 0 Å². The zero-order valence-electron chi connectivity index (χ0n) is 21.0. The minimum Gasteiger partial charge on any atom is -0.497 e. The van der Waals surface area contributed by atoms with Gasteiger partial charge in [-0.25, -0.2) is 33.5 Å². The molecule has 4 aromatic rings. The smallest absolute Gasteiger partial charge is 0.338 e. The number of rotatable bonds is 10. The van der Waals surface area contributed by atoms with Crippen molar-refractivity contribution in [1.29, 1.82) is 0 Å². The van der Waals surface area contributed by atoms with Crippen molar-refractivity contribution in [3.8, 4) is 40.0 Å². The Kier molecular flexibility index (Phi) is 8.08. The summed E-state index contributed by atoms with van der Waals surface area (Å²) < 4.78 is 59.9.